The molecule has 0 fully saturated rings. The number of carboxylic acid groups (broad SMARTS) is 1. The summed E-state index contributed by atoms with van der Waals surface area (Å²) in [7, 11) is -4.13. The summed E-state index contributed by atoms with van der Waals surface area (Å²) in [6.07, 6.45) is 1.16. The van der Waals surface area contributed by atoms with Gasteiger partial charge in [0, 0.05) is 5.56 Å². The summed E-state index contributed by atoms with van der Waals surface area (Å²) in [5, 5.41) is 13.3. The number of aromatic carboxylic acids is 1. The van der Waals surface area contributed by atoms with Gasteiger partial charge in [0.2, 0.25) is 0 Å². The van der Waals surface area contributed by atoms with Crippen LogP contribution in [0.2, 0.25) is 10.0 Å². The van der Waals surface area contributed by atoms with Crippen LogP contribution in [0.5, 0.6) is 0 Å². The van der Waals surface area contributed by atoms with E-state index >= 15 is 0 Å². The Bertz CT molecular complexity index is 1310. The van der Waals surface area contributed by atoms with Crippen LogP contribution in [0.3, 0.4) is 0 Å². The molecule has 3 rings (SSSR count). The van der Waals surface area contributed by atoms with Crippen LogP contribution in [-0.4, -0.2) is 38.2 Å². The molecule has 170 valence electrons. The van der Waals surface area contributed by atoms with E-state index in [1.54, 1.807) is 30.3 Å². The number of nitrogens with one attached hydrogen (secondary N) is 1. The number of nitrogens with zero attached hydrogens (tertiary/aromatic N) is 2. The minimum atomic E-state index is -4.13. The number of anilines is 1. The van der Waals surface area contributed by atoms with Crippen molar-refractivity contribution in [3.05, 3.63) is 94.0 Å². The van der Waals surface area contributed by atoms with Crippen LogP contribution in [0.1, 0.15) is 15.9 Å². The first-order valence-corrected chi connectivity index (χ1v) is 11.6. The molecule has 0 heterocycles. The highest BCUT2D eigenvalue weighted by Crippen LogP contribution is 2.30. The SMILES string of the molecule is O=C(CN(c1ccc(Cl)c(Cl)c1)S(=O)(=O)c1ccccc1)N/N=C/c1ccccc1C(=O)O. The lowest BCUT2D eigenvalue weighted by molar-refractivity contribution is -0.119. The van der Waals surface area contributed by atoms with E-state index in [1.807, 2.05) is 0 Å². The fraction of sp³-hybridized carbons (Fsp3) is 0.0455. The largest absolute Gasteiger partial charge is 0.478 e. The zero-order chi connectivity index (χ0) is 24.0. The molecule has 0 aromatic heterocycles. The van der Waals surface area contributed by atoms with Crippen molar-refractivity contribution in [2.45, 2.75) is 4.90 Å². The highest BCUT2D eigenvalue weighted by Gasteiger charge is 2.27. The van der Waals surface area contributed by atoms with E-state index in [0.717, 1.165) is 10.5 Å². The summed E-state index contributed by atoms with van der Waals surface area (Å²) in [5.41, 5.74) is 2.61. The van der Waals surface area contributed by atoms with Crippen LogP contribution >= 0.6 is 23.2 Å². The smallest absolute Gasteiger partial charge is 0.336 e. The van der Waals surface area contributed by atoms with Crippen LogP contribution in [0.25, 0.3) is 0 Å². The van der Waals surface area contributed by atoms with Gasteiger partial charge in [-0.1, -0.05) is 59.6 Å². The van der Waals surface area contributed by atoms with Gasteiger partial charge in [0.25, 0.3) is 15.9 Å². The summed E-state index contributed by atoms with van der Waals surface area (Å²) in [6.45, 7) is -0.618. The normalized spacial score (nSPS) is 11.3. The van der Waals surface area contributed by atoms with Gasteiger partial charge in [-0.3, -0.25) is 9.10 Å². The topological polar surface area (TPSA) is 116 Å². The minimum absolute atomic E-state index is 0.000382. The quantitative estimate of drug-likeness (QED) is 0.354. The van der Waals surface area contributed by atoms with Gasteiger partial charge in [0.05, 0.1) is 32.4 Å². The second-order valence-corrected chi connectivity index (χ2v) is 9.29. The lowest BCUT2D eigenvalue weighted by Crippen LogP contribution is -2.39. The van der Waals surface area contributed by atoms with Gasteiger partial charge in [-0.15, -0.1) is 0 Å². The van der Waals surface area contributed by atoms with Gasteiger partial charge in [0.15, 0.2) is 0 Å². The molecular formula is C22H17Cl2N3O5S. The van der Waals surface area contributed by atoms with Crippen molar-refractivity contribution in [2.24, 2.45) is 5.10 Å². The number of hydrogen-bond acceptors (Lipinski definition) is 5. The maximum absolute atomic E-state index is 13.2. The van der Waals surface area contributed by atoms with E-state index in [0.29, 0.717) is 0 Å². The molecule has 33 heavy (non-hydrogen) atoms. The molecule has 2 N–H and O–H groups in total. The maximum atomic E-state index is 13.2. The third-order valence-electron chi connectivity index (χ3n) is 4.39. The predicted molar refractivity (Wildman–Crippen MR) is 127 cm³/mol. The Balaban J connectivity index is 1.87. The molecule has 0 radical (unpaired) electrons. The molecule has 0 unspecified atom stereocenters. The van der Waals surface area contributed by atoms with Crippen molar-refractivity contribution in [1.82, 2.24) is 5.43 Å². The summed E-state index contributed by atoms with van der Waals surface area (Å²) in [4.78, 5) is 23.8. The standard InChI is InChI=1S/C22H17Cl2N3O5S/c23-19-11-10-16(12-20(19)24)27(33(31,32)17-7-2-1-3-8-17)14-21(28)26-25-13-15-6-4-5-9-18(15)22(29)30/h1-13H,14H2,(H,26,28)(H,29,30)/b25-13+. The zero-order valence-corrected chi connectivity index (χ0v) is 19.2. The number of carbonyl (C=O) groups excluding carboxylic acids is 1. The number of amides is 1. The van der Waals surface area contributed by atoms with E-state index < -0.39 is 28.4 Å². The van der Waals surface area contributed by atoms with Crippen LogP contribution in [0.4, 0.5) is 5.69 Å². The number of halogens is 2. The minimum Gasteiger partial charge on any atom is -0.478 e. The fourth-order valence-corrected chi connectivity index (χ4v) is 4.55. The molecule has 0 aliphatic heterocycles. The van der Waals surface area contributed by atoms with Crippen LogP contribution in [0, 0.1) is 0 Å². The van der Waals surface area contributed by atoms with Gasteiger partial charge < -0.3 is 5.11 Å². The summed E-state index contributed by atoms with van der Waals surface area (Å²) >= 11 is 12.0. The first-order valence-electron chi connectivity index (χ1n) is 9.37. The van der Waals surface area contributed by atoms with Gasteiger partial charge in [-0.2, -0.15) is 5.10 Å². The maximum Gasteiger partial charge on any atom is 0.336 e. The molecule has 3 aromatic rings. The molecule has 0 saturated heterocycles. The van der Waals surface area contributed by atoms with Gasteiger partial charge in [-0.25, -0.2) is 18.6 Å². The Morgan fingerprint density at radius 2 is 1.64 bits per heavy atom. The molecule has 0 spiro atoms. The average Bonchev–Trinajstić information content (AvgIpc) is 2.80. The second kappa shape index (κ2) is 10.5. The Kier molecular flexibility index (Phi) is 7.70. The number of hydrazone groups is 1. The van der Waals surface area contributed by atoms with E-state index in [1.165, 1.54) is 42.5 Å². The molecule has 8 nitrogen and oxygen atoms in total. The third-order valence-corrected chi connectivity index (χ3v) is 6.92. The third kappa shape index (κ3) is 5.89. The number of sulfonamides is 1. The first-order chi connectivity index (χ1) is 15.7. The molecule has 11 heteroatoms. The molecule has 0 aliphatic rings. The van der Waals surface area contributed by atoms with Crippen LogP contribution < -0.4 is 9.73 Å². The van der Waals surface area contributed by atoms with Crippen molar-refractivity contribution in [2.75, 3.05) is 10.8 Å². The van der Waals surface area contributed by atoms with Crippen LogP contribution in [-0.2, 0) is 14.8 Å². The predicted octanol–water partition coefficient (Wildman–Crippen LogP) is 4.04. The number of carbonyl (C=O) groups is 2. The Labute approximate surface area is 200 Å². The van der Waals surface area contributed by atoms with E-state index in [4.69, 9.17) is 23.2 Å². The van der Waals surface area contributed by atoms with Crippen molar-refractivity contribution in [3.63, 3.8) is 0 Å². The molecule has 3 aromatic carbocycles. The molecule has 0 aliphatic carbocycles. The zero-order valence-electron chi connectivity index (χ0n) is 16.9. The Hall–Kier alpha value is -3.40. The van der Waals surface area contributed by atoms with E-state index in [2.05, 4.69) is 10.5 Å². The molecule has 0 bridgehead atoms. The number of benzene rings is 3. The fourth-order valence-electron chi connectivity index (χ4n) is 2.82. The summed E-state index contributed by atoms with van der Waals surface area (Å²) in [6, 6.07) is 17.9. The second-order valence-electron chi connectivity index (χ2n) is 6.61. The molecule has 0 saturated carbocycles. The molecular weight excluding hydrogens is 489 g/mol. The lowest BCUT2D eigenvalue weighted by Gasteiger charge is -2.24. The van der Waals surface area contributed by atoms with Crippen molar-refractivity contribution >= 4 is 57.0 Å². The summed E-state index contributed by atoms with van der Waals surface area (Å²) in [5.74, 6) is -1.91. The highest BCUT2D eigenvalue weighted by molar-refractivity contribution is 7.92. The van der Waals surface area contributed by atoms with Gasteiger partial charge in [-0.05, 0) is 36.4 Å². The van der Waals surface area contributed by atoms with Crippen molar-refractivity contribution < 1.29 is 23.1 Å². The number of hydrogen-bond donors (Lipinski definition) is 2. The monoisotopic (exact) mass is 505 g/mol. The Morgan fingerprint density at radius 1 is 0.970 bits per heavy atom. The summed E-state index contributed by atoms with van der Waals surface area (Å²) < 4.78 is 27.4. The lowest BCUT2D eigenvalue weighted by atomic mass is 10.1. The van der Waals surface area contributed by atoms with E-state index in [9.17, 15) is 23.1 Å². The molecule has 1 amide bonds. The number of rotatable bonds is 8. The number of carboxylic acids is 1. The first kappa shape index (κ1) is 24.2. The van der Waals surface area contributed by atoms with Crippen LogP contribution in [0.15, 0.2) is 82.8 Å². The molecule has 0 atom stereocenters. The Morgan fingerprint density at radius 3 is 2.30 bits per heavy atom. The van der Waals surface area contributed by atoms with E-state index in [-0.39, 0.29) is 31.8 Å². The highest BCUT2D eigenvalue weighted by atomic mass is 35.5. The van der Waals surface area contributed by atoms with Gasteiger partial charge in [0.1, 0.15) is 6.54 Å². The van der Waals surface area contributed by atoms with Gasteiger partial charge >= 0.3 is 5.97 Å². The van der Waals surface area contributed by atoms with Crippen molar-refractivity contribution in [1.29, 1.82) is 0 Å². The average molecular weight is 506 g/mol. The van der Waals surface area contributed by atoms with Crippen molar-refractivity contribution in [3.8, 4) is 0 Å².